The van der Waals surface area contributed by atoms with Gasteiger partial charge in [0, 0.05) is 18.5 Å². The van der Waals surface area contributed by atoms with Crippen LogP contribution in [0.2, 0.25) is 0 Å². The van der Waals surface area contributed by atoms with E-state index in [0.29, 0.717) is 0 Å². The molecule has 0 amide bonds. The zero-order valence-corrected chi connectivity index (χ0v) is 13.2. The summed E-state index contributed by atoms with van der Waals surface area (Å²) >= 11 is 2.14. The number of nitrogens with zero attached hydrogens (tertiary/aromatic N) is 2. The molecule has 0 saturated heterocycles. The first-order valence-corrected chi connectivity index (χ1v) is 8.64. The summed E-state index contributed by atoms with van der Waals surface area (Å²) in [5, 5.41) is 8.84. The van der Waals surface area contributed by atoms with E-state index in [1.165, 1.54) is 34.8 Å². The van der Waals surface area contributed by atoms with E-state index < -0.39 is 16.0 Å². The summed E-state index contributed by atoms with van der Waals surface area (Å²) < 4.78 is 25.9. The number of hydrogen-bond donors (Lipinski definition) is 1. The highest BCUT2D eigenvalue weighted by atomic mass is 32.2. The predicted octanol–water partition coefficient (Wildman–Crippen LogP) is 2.03. The number of aromatic nitrogens is 1. The minimum Gasteiger partial charge on any atom is -0.477 e. The zero-order valence-electron chi connectivity index (χ0n) is 10.7. The Balaban J connectivity index is 2.25. The monoisotopic (exact) mass is 332 g/mol. The molecule has 2 heterocycles. The van der Waals surface area contributed by atoms with Crippen LogP contribution >= 0.6 is 22.7 Å². The van der Waals surface area contributed by atoms with Crippen molar-refractivity contribution in [2.75, 3.05) is 7.05 Å². The Hall–Kier alpha value is -1.29. The number of aryl methyl sites for hydroxylation is 1. The Kier molecular flexibility index (Phi) is 4.23. The Morgan fingerprint density at radius 2 is 2.15 bits per heavy atom. The van der Waals surface area contributed by atoms with Gasteiger partial charge >= 0.3 is 5.97 Å². The molecular weight excluding hydrogens is 320 g/mol. The molecule has 0 saturated carbocycles. The first-order valence-electron chi connectivity index (χ1n) is 5.51. The number of sulfonamides is 1. The third kappa shape index (κ3) is 2.90. The van der Waals surface area contributed by atoms with Gasteiger partial charge in [-0.2, -0.15) is 4.31 Å². The van der Waals surface area contributed by atoms with Crippen LogP contribution in [0.5, 0.6) is 0 Å². The van der Waals surface area contributed by atoms with Crippen molar-refractivity contribution in [2.24, 2.45) is 0 Å². The van der Waals surface area contributed by atoms with Crippen molar-refractivity contribution in [3.63, 3.8) is 0 Å². The standard InChI is InChI=1S/C11H12N2O4S3/c1-7-9(18-6-12-7)5-13(2)20(16,17)10-4-3-8(19-10)11(14)15/h3-4,6H,5H2,1-2H3,(H,14,15). The van der Waals surface area contributed by atoms with Crippen LogP contribution in [0.3, 0.4) is 0 Å². The topological polar surface area (TPSA) is 87.6 Å². The molecule has 0 aromatic carbocycles. The number of thiazole rings is 1. The van der Waals surface area contributed by atoms with Gasteiger partial charge in [0.05, 0.1) is 11.2 Å². The van der Waals surface area contributed by atoms with Gasteiger partial charge in [-0.25, -0.2) is 18.2 Å². The van der Waals surface area contributed by atoms with Gasteiger partial charge in [-0.1, -0.05) is 0 Å². The lowest BCUT2D eigenvalue weighted by atomic mass is 10.4. The quantitative estimate of drug-likeness (QED) is 0.905. The van der Waals surface area contributed by atoms with E-state index in [2.05, 4.69) is 4.98 Å². The van der Waals surface area contributed by atoms with E-state index in [1.54, 1.807) is 5.51 Å². The summed E-state index contributed by atoms with van der Waals surface area (Å²) in [6, 6.07) is 2.62. The minimum absolute atomic E-state index is 0.00551. The van der Waals surface area contributed by atoms with E-state index in [9.17, 15) is 13.2 Å². The number of rotatable bonds is 5. The van der Waals surface area contributed by atoms with Crippen LogP contribution in [0.15, 0.2) is 21.9 Å². The Morgan fingerprint density at radius 1 is 1.45 bits per heavy atom. The first-order chi connectivity index (χ1) is 9.32. The zero-order chi connectivity index (χ0) is 14.9. The molecule has 0 radical (unpaired) electrons. The van der Waals surface area contributed by atoms with Crippen molar-refractivity contribution < 1.29 is 18.3 Å². The molecule has 0 fully saturated rings. The van der Waals surface area contributed by atoms with E-state index in [-0.39, 0.29) is 15.6 Å². The highest BCUT2D eigenvalue weighted by molar-refractivity contribution is 7.91. The second-order valence-electron chi connectivity index (χ2n) is 4.05. The van der Waals surface area contributed by atoms with Crippen LogP contribution in [0.1, 0.15) is 20.2 Å². The highest BCUT2D eigenvalue weighted by Gasteiger charge is 2.25. The smallest absolute Gasteiger partial charge is 0.345 e. The minimum atomic E-state index is -3.68. The van der Waals surface area contributed by atoms with Crippen LogP contribution in [-0.2, 0) is 16.6 Å². The summed E-state index contributed by atoms with van der Waals surface area (Å²) in [5.74, 6) is -1.13. The van der Waals surface area contributed by atoms with E-state index in [0.717, 1.165) is 21.9 Å². The molecular formula is C11H12N2O4S3. The normalized spacial score (nSPS) is 11.9. The number of thiophene rings is 1. The summed E-state index contributed by atoms with van der Waals surface area (Å²) in [4.78, 5) is 15.8. The molecule has 6 nitrogen and oxygen atoms in total. The SMILES string of the molecule is Cc1ncsc1CN(C)S(=O)(=O)c1ccc(C(=O)O)s1. The Morgan fingerprint density at radius 3 is 2.65 bits per heavy atom. The molecule has 2 aromatic heterocycles. The maximum atomic E-state index is 12.3. The molecule has 0 aliphatic carbocycles. The van der Waals surface area contributed by atoms with Crippen molar-refractivity contribution in [1.29, 1.82) is 0 Å². The average Bonchev–Trinajstić information content (AvgIpc) is 2.99. The number of carboxylic acid groups (broad SMARTS) is 1. The lowest BCUT2D eigenvalue weighted by molar-refractivity contribution is 0.0702. The lowest BCUT2D eigenvalue weighted by Gasteiger charge is -2.15. The molecule has 0 unspecified atom stereocenters. The van der Waals surface area contributed by atoms with E-state index >= 15 is 0 Å². The van der Waals surface area contributed by atoms with Gasteiger partial charge in [0.1, 0.15) is 9.09 Å². The summed E-state index contributed by atoms with van der Waals surface area (Å²) in [6.07, 6.45) is 0. The number of aromatic carboxylic acids is 1. The molecule has 0 atom stereocenters. The number of carboxylic acids is 1. The van der Waals surface area contributed by atoms with Crippen molar-refractivity contribution in [2.45, 2.75) is 17.7 Å². The molecule has 0 aliphatic rings. The van der Waals surface area contributed by atoms with Crippen LogP contribution in [0.25, 0.3) is 0 Å². The van der Waals surface area contributed by atoms with Gasteiger partial charge in [-0.3, -0.25) is 0 Å². The fourth-order valence-electron chi connectivity index (χ4n) is 1.49. The maximum absolute atomic E-state index is 12.3. The second kappa shape index (κ2) is 5.60. The molecule has 1 N–H and O–H groups in total. The van der Waals surface area contributed by atoms with Crippen molar-refractivity contribution >= 4 is 38.7 Å². The second-order valence-corrected chi connectivity index (χ2v) is 8.34. The fourth-order valence-corrected chi connectivity index (χ4v) is 4.90. The Bertz CT molecular complexity index is 732. The predicted molar refractivity (Wildman–Crippen MR) is 76.8 cm³/mol. The largest absolute Gasteiger partial charge is 0.477 e. The number of carbonyl (C=O) groups is 1. The Labute approximate surface area is 124 Å². The van der Waals surface area contributed by atoms with Crippen LogP contribution < -0.4 is 0 Å². The van der Waals surface area contributed by atoms with Gasteiger partial charge in [0.15, 0.2) is 0 Å². The first kappa shape index (κ1) is 15.1. The third-order valence-electron chi connectivity index (χ3n) is 2.67. The van der Waals surface area contributed by atoms with Gasteiger partial charge < -0.3 is 5.11 Å². The summed E-state index contributed by atoms with van der Waals surface area (Å²) in [7, 11) is -2.21. The van der Waals surface area contributed by atoms with Crippen LogP contribution in [-0.4, -0.2) is 35.8 Å². The third-order valence-corrected chi connectivity index (χ3v) is 6.93. The van der Waals surface area contributed by atoms with Crippen LogP contribution in [0, 0.1) is 6.92 Å². The molecule has 108 valence electrons. The van der Waals surface area contributed by atoms with Gasteiger partial charge in [0.2, 0.25) is 0 Å². The fraction of sp³-hybridized carbons (Fsp3) is 0.273. The molecule has 2 rings (SSSR count). The molecule has 20 heavy (non-hydrogen) atoms. The van der Waals surface area contributed by atoms with Crippen molar-refractivity contribution in [1.82, 2.24) is 9.29 Å². The van der Waals surface area contributed by atoms with Crippen molar-refractivity contribution in [3.8, 4) is 0 Å². The van der Waals surface area contributed by atoms with E-state index in [4.69, 9.17) is 5.11 Å². The van der Waals surface area contributed by atoms with Crippen LogP contribution in [0.4, 0.5) is 0 Å². The van der Waals surface area contributed by atoms with E-state index in [1.807, 2.05) is 6.92 Å². The molecule has 9 heteroatoms. The molecule has 0 aliphatic heterocycles. The lowest BCUT2D eigenvalue weighted by Crippen LogP contribution is -2.25. The van der Waals surface area contributed by atoms with Gasteiger partial charge in [0.25, 0.3) is 10.0 Å². The molecule has 2 aromatic rings. The molecule has 0 spiro atoms. The summed E-state index contributed by atoms with van der Waals surface area (Å²) in [6.45, 7) is 2.04. The maximum Gasteiger partial charge on any atom is 0.345 e. The van der Waals surface area contributed by atoms with Crippen molar-refractivity contribution in [3.05, 3.63) is 33.1 Å². The highest BCUT2D eigenvalue weighted by Crippen LogP contribution is 2.26. The van der Waals surface area contributed by atoms with Gasteiger partial charge in [-0.05, 0) is 19.1 Å². The van der Waals surface area contributed by atoms with Gasteiger partial charge in [-0.15, -0.1) is 22.7 Å². The summed E-state index contributed by atoms with van der Waals surface area (Å²) in [5.41, 5.74) is 2.47. The average molecular weight is 332 g/mol. The molecule has 0 bridgehead atoms. The number of hydrogen-bond acceptors (Lipinski definition) is 6.